The maximum Gasteiger partial charge on any atom is 0.0897 e. The molecule has 1 aliphatic carbocycles. The largest absolute Gasteiger partial charge is 0.389 e. The van der Waals surface area contributed by atoms with Crippen molar-refractivity contribution in [2.75, 3.05) is 33.0 Å². The molecule has 1 saturated carbocycles. The highest BCUT2D eigenvalue weighted by Crippen LogP contribution is 2.45. The maximum atomic E-state index is 9.97. The smallest absolute Gasteiger partial charge is 0.0897 e. The first-order valence-corrected chi connectivity index (χ1v) is 8.31. The SMILES string of the molecule is CCOCCOCC(O)CNC1CC(C)(C)CC(C)(C)C1. The Morgan fingerprint density at radius 1 is 1.10 bits per heavy atom. The van der Waals surface area contributed by atoms with E-state index in [-0.39, 0.29) is 0 Å². The van der Waals surface area contributed by atoms with Gasteiger partial charge in [-0.2, -0.15) is 0 Å². The first-order valence-electron chi connectivity index (χ1n) is 8.31. The van der Waals surface area contributed by atoms with Gasteiger partial charge in [-0.3, -0.25) is 0 Å². The molecule has 4 nitrogen and oxygen atoms in total. The van der Waals surface area contributed by atoms with Crippen LogP contribution in [0.25, 0.3) is 0 Å². The van der Waals surface area contributed by atoms with Crippen molar-refractivity contribution in [2.45, 2.75) is 66.0 Å². The van der Waals surface area contributed by atoms with Gasteiger partial charge in [-0.1, -0.05) is 27.7 Å². The van der Waals surface area contributed by atoms with Gasteiger partial charge in [-0.05, 0) is 37.0 Å². The van der Waals surface area contributed by atoms with Crippen LogP contribution in [0.4, 0.5) is 0 Å². The van der Waals surface area contributed by atoms with Gasteiger partial charge < -0.3 is 19.9 Å². The second-order valence-corrected chi connectivity index (χ2v) is 7.94. The third-order valence-electron chi connectivity index (χ3n) is 4.08. The molecule has 126 valence electrons. The lowest BCUT2D eigenvalue weighted by molar-refractivity contribution is 0.00270. The van der Waals surface area contributed by atoms with Gasteiger partial charge in [0.2, 0.25) is 0 Å². The monoisotopic (exact) mass is 301 g/mol. The number of aliphatic hydroxyl groups excluding tert-OH is 1. The molecular formula is C17H35NO3. The van der Waals surface area contributed by atoms with Gasteiger partial charge in [0.05, 0.1) is 25.9 Å². The molecule has 1 atom stereocenters. The van der Waals surface area contributed by atoms with Gasteiger partial charge >= 0.3 is 0 Å². The predicted octanol–water partition coefficient (Wildman–Crippen LogP) is 2.59. The van der Waals surface area contributed by atoms with Crippen LogP contribution in [-0.4, -0.2) is 50.2 Å². The van der Waals surface area contributed by atoms with Crippen LogP contribution in [0.1, 0.15) is 53.9 Å². The normalized spacial score (nSPS) is 23.1. The topological polar surface area (TPSA) is 50.7 Å². The van der Waals surface area contributed by atoms with Crippen LogP contribution < -0.4 is 5.32 Å². The molecule has 1 rings (SSSR count). The lowest BCUT2D eigenvalue weighted by Gasteiger charge is -2.45. The molecule has 1 aliphatic rings. The van der Waals surface area contributed by atoms with Crippen LogP contribution in [0.15, 0.2) is 0 Å². The van der Waals surface area contributed by atoms with Crippen LogP contribution in [0, 0.1) is 10.8 Å². The third kappa shape index (κ3) is 8.15. The van der Waals surface area contributed by atoms with Crippen LogP contribution in [0.5, 0.6) is 0 Å². The Bertz CT molecular complexity index is 276. The lowest BCUT2D eigenvalue weighted by Crippen LogP contribution is -2.46. The Labute approximate surface area is 130 Å². The van der Waals surface area contributed by atoms with E-state index in [4.69, 9.17) is 9.47 Å². The van der Waals surface area contributed by atoms with Crippen LogP contribution >= 0.6 is 0 Å². The molecule has 1 unspecified atom stereocenters. The second-order valence-electron chi connectivity index (χ2n) is 7.94. The van der Waals surface area contributed by atoms with E-state index in [1.165, 1.54) is 19.3 Å². The highest BCUT2D eigenvalue weighted by Gasteiger charge is 2.38. The second kappa shape index (κ2) is 8.47. The van der Waals surface area contributed by atoms with Gasteiger partial charge in [-0.25, -0.2) is 0 Å². The van der Waals surface area contributed by atoms with Crippen LogP contribution in [-0.2, 0) is 9.47 Å². The maximum absolute atomic E-state index is 9.97. The highest BCUT2D eigenvalue weighted by atomic mass is 16.5. The minimum absolute atomic E-state index is 0.373. The Balaban J connectivity index is 2.21. The van der Waals surface area contributed by atoms with E-state index in [0.717, 1.165) is 0 Å². The molecule has 0 saturated heterocycles. The Kier molecular flexibility index (Phi) is 7.62. The van der Waals surface area contributed by atoms with Crippen molar-refractivity contribution in [1.29, 1.82) is 0 Å². The Morgan fingerprint density at radius 3 is 2.24 bits per heavy atom. The predicted molar refractivity (Wildman–Crippen MR) is 86.5 cm³/mol. The zero-order valence-corrected chi connectivity index (χ0v) is 14.6. The highest BCUT2D eigenvalue weighted by molar-refractivity contribution is 4.92. The quantitative estimate of drug-likeness (QED) is 0.643. The van der Waals surface area contributed by atoms with E-state index in [1.54, 1.807) is 0 Å². The molecule has 0 amide bonds. The van der Waals surface area contributed by atoms with Gasteiger partial charge in [0.25, 0.3) is 0 Å². The molecule has 0 heterocycles. The Morgan fingerprint density at radius 2 is 1.67 bits per heavy atom. The third-order valence-corrected chi connectivity index (χ3v) is 4.08. The molecular weight excluding hydrogens is 266 g/mol. The first kappa shape index (κ1) is 18.9. The zero-order valence-electron chi connectivity index (χ0n) is 14.6. The van der Waals surface area contributed by atoms with E-state index in [9.17, 15) is 5.11 Å². The number of nitrogens with one attached hydrogen (secondary N) is 1. The molecule has 0 spiro atoms. The van der Waals surface area contributed by atoms with Gasteiger partial charge in [-0.15, -0.1) is 0 Å². The minimum Gasteiger partial charge on any atom is -0.389 e. The van der Waals surface area contributed by atoms with Crippen molar-refractivity contribution in [3.8, 4) is 0 Å². The first-order chi connectivity index (χ1) is 9.74. The average Bonchev–Trinajstić information content (AvgIpc) is 2.32. The number of hydrogen-bond acceptors (Lipinski definition) is 4. The van der Waals surface area contributed by atoms with Crippen LogP contribution in [0.2, 0.25) is 0 Å². The van der Waals surface area contributed by atoms with Crippen molar-refractivity contribution >= 4 is 0 Å². The summed E-state index contributed by atoms with van der Waals surface area (Å²) in [6.07, 6.45) is 3.17. The van der Waals surface area contributed by atoms with E-state index in [0.29, 0.717) is 49.8 Å². The molecule has 21 heavy (non-hydrogen) atoms. The fourth-order valence-corrected chi connectivity index (χ4v) is 3.83. The summed E-state index contributed by atoms with van der Waals surface area (Å²) < 4.78 is 10.6. The van der Waals surface area contributed by atoms with Crippen molar-refractivity contribution in [3.63, 3.8) is 0 Å². The summed E-state index contributed by atoms with van der Waals surface area (Å²) in [5.74, 6) is 0. The van der Waals surface area contributed by atoms with Crippen molar-refractivity contribution in [3.05, 3.63) is 0 Å². The number of ether oxygens (including phenoxy) is 2. The van der Waals surface area contributed by atoms with E-state index < -0.39 is 6.10 Å². The van der Waals surface area contributed by atoms with Gasteiger partial charge in [0.15, 0.2) is 0 Å². The molecule has 0 aromatic heterocycles. The number of aliphatic hydroxyl groups is 1. The van der Waals surface area contributed by atoms with E-state index in [1.807, 2.05) is 6.92 Å². The Hall–Kier alpha value is -0.160. The van der Waals surface area contributed by atoms with Crippen molar-refractivity contribution in [1.82, 2.24) is 5.32 Å². The number of rotatable bonds is 9. The fraction of sp³-hybridized carbons (Fsp3) is 1.00. The minimum atomic E-state index is -0.445. The average molecular weight is 301 g/mol. The molecule has 4 heteroatoms. The molecule has 0 aromatic rings. The summed E-state index contributed by atoms with van der Waals surface area (Å²) in [6, 6.07) is 0.488. The number of hydrogen-bond donors (Lipinski definition) is 2. The van der Waals surface area contributed by atoms with Crippen LogP contribution in [0.3, 0.4) is 0 Å². The lowest BCUT2D eigenvalue weighted by atomic mass is 9.63. The fourth-order valence-electron chi connectivity index (χ4n) is 3.83. The zero-order chi connectivity index (χ0) is 15.9. The molecule has 0 bridgehead atoms. The summed E-state index contributed by atoms with van der Waals surface area (Å²) in [5.41, 5.74) is 0.747. The van der Waals surface area contributed by atoms with Crippen molar-refractivity contribution < 1.29 is 14.6 Å². The molecule has 1 fully saturated rings. The van der Waals surface area contributed by atoms with E-state index in [2.05, 4.69) is 33.0 Å². The molecule has 0 radical (unpaired) electrons. The summed E-state index contributed by atoms with van der Waals surface area (Å²) in [5, 5.41) is 13.5. The van der Waals surface area contributed by atoms with Gasteiger partial charge in [0.1, 0.15) is 0 Å². The van der Waals surface area contributed by atoms with Crippen molar-refractivity contribution in [2.24, 2.45) is 10.8 Å². The standard InChI is InChI=1S/C17H35NO3/c1-6-20-7-8-21-12-15(19)11-18-14-9-16(2,3)13-17(4,5)10-14/h14-15,18-19H,6-13H2,1-5H3. The van der Waals surface area contributed by atoms with E-state index >= 15 is 0 Å². The summed E-state index contributed by atoms with van der Waals surface area (Å²) in [4.78, 5) is 0. The summed E-state index contributed by atoms with van der Waals surface area (Å²) in [6.45, 7) is 14.2. The molecule has 0 aliphatic heterocycles. The summed E-state index contributed by atoms with van der Waals surface area (Å²) in [7, 11) is 0. The summed E-state index contributed by atoms with van der Waals surface area (Å²) >= 11 is 0. The molecule has 0 aromatic carbocycles. The molecule has 2 N–H and O–H groups in total. The van der Waals surface area contributed by atoms with Gasteiger partial charge in [0, 0.05) is 19.2 Å².